The topological polar surface area (TPSA) is 65.5 Å². The molecule has 124 valence electrons. The first kappa shape index (κ1) is 16.4. The predicted molar refractivity (Wildman–Crippen MR) is 88.3 cm³/mol. The van der Waals surface area contributed by atoms with Crippen molar-refractivity contribution in [2.75, 3.05) is 7.11 Å². The molecule has 0 bridgehead atoms. The average Bonchev–Trinajstić information content (AvgIpc) is 3.07. The first-order valence-corrected chi connectivity index (χ1v) is 9.01. The number of nitrogens with zero attached hydrogens (tertiary/aromatic N) is 1. The van der Waals surface area contributed by atoms with E-state index in [0.717, 1.165) is 11.3 Å². The van der Waals surface area contributed by atoms with E-state index in [1.165, 1.54) is 49.7 Å². The Morgan fingerprint density at radius 3 is 2.25 bits per heavy atom. The lowest BCUT2D eigenvalue weighted by atomic mass is 10.2. The Balaban J connectivity index is 1.83. The molecule has 1 heterocycles. The molecular formula is C16H12FNO4S2. The Labute approximate surface area is 142 Å². The van der Waals surface area contributed by atoms with Crippen LogP contribution in [0.25, 0.3) is 10.6 Å². The van der Waals surface area contributed by atoms with Crippen molar-refractivity contribution in [1.29, 1.82) is 0 Å². The number of aromatic nitrogens is 1. The summed E-state index contributed by atoms with van der Waals surface area (Å²) in [7, 11) is -2.47. The van der Waals surface area contributed by atoms with E-state index in [-0.39, 0.29) is 15.8 Å². The van der Waals surface area contributed by atoms with Crippen LogP contribution in [0.3, 0.4) is 0 Å². The first-order valence-electron chi connectivity index (χ1n) is 6.78. The van der Waals surface area contributed by atoms with Crippen molar-refractivity contribution in [1.82, 2.24) is 4.98 Å². The molecular weight excluding hydrogens is 353 g/mol. The number of ether oxygens (including phenoxy) is 1. The largest absolute Gasteiger partial charge is 0.497 e. The number of thiazole rings is 1. The maximum absolute atomic E-state index is 13.0. The third-order valence-corrected chi connectivity index (χ3v) is 5.80. The van der Waals surface area contributed by atoms with Crippen LogP contribution in [0.5, 0.6) is 11.5 Å². The van der Waals surface area contributed by atoms with Gasteiger partial charge in [0, 0.05) is 5.56 Å². The number of hydrogen-bond donors (Lipinski definition) is 0. The van der Waals surface area contributed by atoms with Gasteiger partial charge in [0.05, 0.1) is 13.3 Å². The zero-order chi connectivity index (χ0) is 17.2. The number of halogens is 1. The summed E-state index contributed by atoms with van der Waals surface area (Å²) in [5.74, 6) is 0.398. The van der Waals surface area contributed by atoms with Gasteiger partial charge in [-0.15, -0.1) is 0 Å². The summed E-state index contributed by atoms with van der Waals surface area (Å²) in [6, 6.07) is 11.8. The third kappa shape index (κ3) is 3.55. The molecule has 3 aromatic rings. The second-order valence-corrected chi connectivity index (χ2v) is 7.51. The van der Waals surface area contributed by atoms with Crippen molar-refractivity contribution in [3.63, 3.8) is 0 Å². The van der Waals surface area contributed by atoms with Crippen LogP contribution >= 0.6 is 11.3 Å². The van der Waals surface area contributed by atoms with Gasteiger partial charge in [-0.25, -0.2) is 9.37 Å². The Morgan fingerprint density at radius 2 is 1.62 bits per heavy atom. The molecule has 0 saturated heterocycles. The van der Waals surface area contributed by atoms with Crippen LogP contribution in [0.2, 0.25) is 0 Å². The molecule has 0 radical (unpaired) electrons. The summed E-state index contributed by atoms with van der Waals surface area (Å²) >= 11 is 0.954. The van der Waals surface area contributed by atoms with Gasteiger partial charge in [0.15, 0.2) is 4.21 Å². The molecule has 0 N–H and O–H groups in total. The Bertz CT molecular complexity index is 935. The van der Waals surface area contributed by atoms with Crippen molar-refractivity contribution in [2.24, 2.45) is 0 Å². The van der Waals surface area contributed by atoms with Crippen LogP contribution in [0, 0.1) is 5.82 Å². The maximum atomic E-state index is 13.0. The van der Waals surface area contributed by atoms with E-state index >= 15 is 0 Å². The van der Waals surface area contributed by atoms with Crippen molar-refractivity contribution < 1.29 is 21.7 Å². The Kier molecular flexibility index (Phi) is 4.50. The molecule has 0 fully saturated rings. The lowest BCUT2D eigenvalue weighted by Gasteiger charge is -2.05. The van der Waals surface area contributed by atoms with Gasteiger partial charge < -0.3 is 8.92 Å². The van der Waals surface area contributed by atoms with Gasteiger partial charge in [-0.2, -0.15) is 8.42 Å². The average molecular weight is 365 g/mol. The van der Waals surface area contributed by atoms with Crippen molar-refractivity contribution in [2.45, 2.75) is 4.21 Å². The second kappa shape index (κ2) is 6.58. The quantitative estimate of drug-likeness (QED) is 0.645. The standard InChI is InChI=1S/C16H12FNO4S2/c1-21-13-6-8-14(9-7-13)22-24(19,20)15-10-18-16(23-15)11-2-4-12(17)5-3-11/h2-10H,1H3. The highest BCUT2D eigenvalue weighted by molar-refractivity contribution is 7.89. The molecule has 24 heavy (non-hydrogen) atoms. The van der Waals surface area contributed by atoms with Crippen LogP contribution in [0.4, 0.5) is 4.39 Å². The van der Waals surface area contributed by atoms with E-state index in [9.17, 15) is 12.8 Å². The van der Waals surface area contributed by atoms with Crippen LogP contribution in [0.1, 0.15) is 0 Å². The molecule has 0 aliphatic carbocycles. The fraction of sp³-hybridized carbons (Fsp3) is 0.0625. The summed E-state index contributed by atoms with van der Waals surface area (Å²) in [6.45, 7) is 0. The van der Waals surface area contributed by atoms with Gasteiger partial charge in [0.2, 0.25) is 0 Å². The van der Waals surface area contributed by atoms with Gasteiger partial charge in [-0.05, 0) is 48.5 Å². The minimum absolute atomic E-state index is 0.0300. The van der Waals surface area contributed by atoms with E-state index in [0.29, 0.717) is 16.3 Å². The molecule has 0 atom stereocenters. The lowest BCUT2D eigenvalue weighted by Crippen LogP contribution is -2.07. The van der Waals surface area contributed by atoms with Crippen LogP contribution in [-0.2, 0) is 10.1 Å². The molecule has 1 aromatic heterocycles. The van der Waals surface area contributed by atoms with E-state index in [4.69, 9.17) is 8.92 Å². The van der Waals surface area contributed by atoms with Gasteiger partial charge >= 0.3 is 10.1 Å². The monoisotopic (exact) mass is 365 g/mol. The van der Waals surface area contributed by atoms with E-state index in [2.05, 4.69) is 4.98 Å². The summed E-state index contributed by atoms with van der Waals surface area (Å²) in [5.41, 5.74) is 0.632. The molecule has 2 aromatic carbocycles. The predicted octanol–water partition coefficient (Wildman–Crippen LogP) is 3.73. The Morgan fingerprint density at radius 1 is 1.00 bits per heavy atom. The van der Waals surface area contributed by atoms with Crippen molar-refractivity contribution >= 4 is 21.5 Å². The molecule has 0 aliphatic heterocycles. The van der Waals surface area contributed by atoms with Gasteiger partial charge in [0.25, 0.3) is 0 Å². The minimum Gasteiger partial charge on any atom is -0.497 e. The smallest absolute Gasteiger partial charge is 0.350 e. The summed E-state index contributed by atoms with van der Waals surface area (Å²) < 4.78 is 47.6. The molecule has 8 heteroatoms. The summed E-state index contributed by atoms with van der Waals surface area (Å²) in [6.07, 6.45) is 1.22. The fourth-order valence-electron chi connectivity index (χ4n) is 1.90. The third-order valence-electron chi connectivity index (χ3n) is 3.09. The van der Waals surface area contributed by atoms with Gasteiger partial charge in [-0.3, -0.25) is 0 Å². The fourth-order valence-corrected chi connectivity index (χ4v) is 3.93. The number of rotatable bonds is 5. The van der Waals surface area contributed by atoms with E-state index in [1.54, 1.807) is 12.1 Å². The number of benzene rings is 2. The maximum Gasteiger partial charge on any atom is 0.350 e. The molecule has 3 rings (SSSR count). The van der Waals surface area contributed by atoms with Crippen molar-refractivity contribution in [3.05, 3.63) is 60.5 Å². The second-order valence-electron chi connectivity index (χ2n) is 4.70. The van der Waals surface area contributed by atoms with Crippen LogP contribution in [0.15, 0.2) is 58.9 Å². The normalized spacial score (nSPS) is 11.2. The van der Waals surface area contributed by atoms with E-state index < -0.39 is 10.1 Å². The van der Waals surface area contributed by atoms with Gasteiger partial charge in [0.1, 0.15) is 22.3 Å². The number of methoxy groups -OCH3 is 1. The Hall–Kier alpha value is -2.45. The highest BCUT2D eigenvalue weighted by atomic mass is 32.3. The molecule has 0 spiro atoms. The highest BCUT2D eigenvalue weighted by Gasteiger charge is 2.21. The zero-order valence-corrected chi connectivity index (χ0v) is 14.1. The lowest BCUT2D eigenvalue weighted by molar-refractivity contribution is 0.413. The summed E-state index contributed by atoms with van der Waals surface area (Å²) in [4.78, 5) is 4.07. The van der Waals surface area contributed by atoms with E-state index in [1.807, 2.05) is 0 Å². The zero-order valence-electron chi connectivity index (χ0n) is 12.5. The highest BCUT2D eigenvalue weighted by Crippen LogP contribution is 2.30. The minimum atomic E-state index is -3.99. The van der Waals surface area contributed by atoms with Crippen LogP contribution in [-0.4, -0.2) is 20.5 Å². The molecule has 0 unspecified atom stereocenters. The molecule has 5 nitrogen and oxygen atoms in total. The first-order chi connectivity index (χ1) is 11.5. The number of hydrogen-bond acceptors (Lipinski definition) is 6. The van der Waals surface area contributed by atoms with Crippen molar-refractivity contribution in [3.8, 4) is 22.1 Å². The molecule has 0 amide bonds. The molecule has 0 saturated carbocycles. The SMILES string of the molecule is COc1ccc(OS(=O)(=O)c2cnc(-c3ccc(F)cc3)s2)cc1. The van der Waals surface area contributed by atoms with Crippen LogP contribution < -0.4 is 8.92 Å². The summed E-state index contributed by atoms with van der Waals surface area (Å²) in [5, 5.41) is 0.465. The van der Waals surface area contributed by atoms with Gasteiger partial charge in [-0.1, -0.05) is 11.3 Å². The molecule has 0 aliphatic rings.